The van der Waals surface area contributed by atoms with Gasteiger partial charge in [-0.1, -0.05) is 0 Å². The van der Waals surface area contributed by atoms with E-state index in [0.717, 1.165) is 0 Å². The average Bonchev–Trinajstić information content (AvgIpc) is 0.722. The molecular formula is HF4NaTb. The molecule has 0 bridgehead atoms. The molecule has 0 N–H and O–H groups in total. The van der Waals surface area contributed by atoms with E-state index in [2.05, 4.69) is 0 Å². The van der Waals surface area contributed by atoms with Crippen LogP contribution in [0, 0.1) is 33.8 Å². The zero-order valence-electron chi connectivity index (χ0n) is 3.85. The van der Waals surface area contributed by atoms with Gasteiger partial charge in [-0.05, 0) is 0 Å². The van der Waals surface area contributed by atoms with Crippen LogP contribution in [-0.4, -0.2) is 0 Å². The molecule has 0 amide bonds. The molecule has 0 saturated heterocycles. The van der Waals surface area contributed by atoms with Crippen LogP contribution in [0.2, 0.25) is 0 Å². The Morgan fingerprint density at radius 3 is 1.00 bits per heavy atom. The molecule has 39 valence electrons. The van der Waals surface area contributed by atoms with Gasteiger partial charge in [-0.2, -0.15) is 0 Å². The number of hydrogen-bond donors (Lipinski definition) is 0. The minimum atomic E-state index is -7.00. The quantitative estimate of drug-likeness (QED) is 0.378. The maximum atomic E-state index is 9.88. The fraction of sp³-hybridized carbons (Fsp3) is 0. The van der Waals surface area contributed by atoms with Crippen LogP contribution >= 0.6 is 0 Å². The first-order valence-corrected chi connectivity index (χ1v) is 3.74. The Balaban J connectivity index is -0.0000000800. The summed E-state index contributed by atoms with van der Waals surface area (Å²) >= 11 is -7.00. The van der Waals surface area contributed by atoms with Gasteiger partial charge in [-0.15, -0.1) is 0 Å². The van der Waals surface area contributed by atoms with E-state index in [1.165, 1.54) is 0 Å². The van der Waals surface area contributed by atoms with Crippen LogP contribution in [-0.2, 0) is 0 Å². The predicted molar refractivity (Wildman–Crippen MR) is 5.54 cm³/mol. The van der Waals surface area contributed by atoms with E-state index < -0.39 is 33.8 Å². The maximum absolute atomic E-state index is 9.88. The fourth-order valence-electron chi connectivity index (χ4n) is 0. The molecule has 0 radical (unpaired) electrons. The maximum Gasteiger partial charge on any atom is 1.00 e. The van der Waals surface area contributed by atoms with E-state index in [9.17, 15) is 5.07 Å². The van der Waals surface area contributed by atoms with Crippen molar-refractivity contribution in [2.24, 2.45) is 0 Å². The van der Waals surface area contributed by atoms with Gasteiger partial charge in [0.2, 0.25) is 0 Å². The zero-order valence-corrected chi connectivity index (χ0v) is 6.98. The van der Waals surface area contributed by atoms with E-state index in [1.54, 1.807) is 0 Å². The third kappa shape index (κ3) is 37.4. The Kier molecular flexibility index (Phi) is 7.16. The van der Waals surface area contributed by atoms with E-state index >= 15 is 0 Å². The number of hydrogen-bond acceptors (Lipinski definition) is 0. The van der Waals surface area contributed by atoms with Crippen molar-refractivity contribution in [3.8, 4) is 0 Å². The molecule has 6 heteroatoms. The Morgan fingerprint density at radius 1 is 1.00 bits per heavy atom. The van der Waals surface area contributed by atoms with Gasteiger partial charge in [0, 0.05) is 0 Å². The molecule has 0 aromatic heterocycles. The standard InChI is InChI=1S/4FH.Na.Tb.H/h4*1H;;;/q;;;;+1;+4;-1/p-4. The van der Waals surface area contributed by atoms with Crippen molar-refractivity contribution in [2.45, 2.75) is 0 Å². The summed E-state index contributed by atoms with van der Waals surface area (Å²) in [6.07, 6.45) is 0. The van der Waals surface area contributed by atoms with Crippen LogP contribution < -0.4 is 29.6 Å². The smallest absolute Gasteiger partial charge is 1.00 e. The second-order valence-electron chi connectivity index (χ2n) is 0.286. The predicted octanol–water partition coefficient (Wildman–Crippen LogP) is -1.20. The molecule has 0 aliphatic heterocycles. The summed E-state index contributed by atoms with van der Waals surface area (Å²) in [6.45, 7) is 0. The van der Waals surface area contributed by atoms with Gasteiger partial charge in [-0.3, -0.25) is 0 Å². The van der Waals surface area contributed by atoms with Crippen LogP contribution in [0.3, 0.4) is 0 Å². The molecule has 0 fully saturated rings. The number of halogens is 4. The minimum Gasteiger partial charge on any atom is -1.00 e. The largest absolute Gasteiger partial charge is 1.00 e. The Hall–Kier alpha value is 2.01. The molecule has 0 nitrogen and oxygen atoms in total. The molecule has 0 aromatic carbocycles. The first kappa shape index (κ1) is 10.9. The third-order valence-corrected chi connectivity index (χ3v) is 0. The van der Waals surface area contributed by atoms with Gasteiger partial charge in [0.25, 0.3) is 0 Å². The summed E-state index contributed by atoms with van der Waals surface area (Å²) in [5, 5.41) is 0. The molecule has 0 unspecified atom stereocenters. The number of rotatable bonds is 0. The van der Waals surface area contributed by atoms with E-state index in [-0.39, 0.29) is 31.0 Å². The molecule has 0 aromatic rings. The van der Waals surface area contributed by atoms with Crippen LogP contribution in [0.1, 0.15) is 1.43 Å². The molecule has 0 aliphatic carbocycles. The first-order valence-electron chi connectivity index (χ1n) is 0.504. The van der Waals surface area contributed by atoms with Crippen molar-refractivity contribution < 1.29 is 69.9 Å². The van der Waals surface area contributed by atoms with Gasteiger partial charge >= 0.3 is 68.5 Å². The first-order chi connectivity index (χ1) is 2.00. The van der Waals surface area contributed by atoms with Gasteiger partial charge in [0.15, 0.2) is 0 Å². The van der Waals surface area contributed by atoms with E-state index in [1.807, 2.05) is 0 Å². The molecule has 0 rings (SSSR count). The zero-order chi connectivity index (χ0) is 4.50. The molecule has 0 atom stereocenters. The van der Waals surface area contributed by atoms with Crippen molar-refractivity contribution in [2.75, 3.05) is 0 Å². The Labute approximate surface area is 68.6 Å². The molecule has 0 heterocycles. The summed E-state index contributed by atoms with van der Waals surface area (Å²) < 4.78 is 39.5. The molecule has 0 aliphatic rings. The van der Waals surface area contributed by atoms with Crippen molar-refractivity contribution in [1.82, 2.24) is 0 Å². The van der Waals surface area contributed by atoms with Crippen molar-refractivity contribution in [3.63, 3.8) is 0 Å². The average molecular weight is 259 g/mol. The summed E-state index contributed by atoms with van der Waals surface area (Å²) in [6, 6.07) is 0. The summed E-state index contributed by atoms with van der Waals surface area (Å²) in [4.78, 5) is 0. The molecular weight excluding hydrogens is 258 g/mol. The van der Waals surface area contributed by atoms with Crippen molar-refractivity contribution >= 4 is 0 Å². The SMILES string of the molecule is [F][Tb]([F])([F])[F].[H-].[Na+]. The second kappa shape index (κ2) is 3.94. The Bertz CT molecular complexity index is 27.2. The van der Waals surface area contributed by atoms with Crippen molar-refractivity contribution in [3.05, 3.63) is 0 Å². The van der Waals surface area contributed by atoms with Crippen molar-refractivity contribution in [1.29, 1.82) is 0 Å². The summed E-state index contributed by atoms with van der Waals surface area (Å²) in [5.74, 6) is 0. The summed E-state index contributed by atoms with van der Waals surface area (Å²) in [5.41, 5.74) is 0. The van der Waals surface area contributed by atoms with E-state index in [4.69, 9.17) is 0 Å². The minimum absolute atomic E-state index is 0. The Morgan fingerprint density at radius 2 is 1.00 bits per heavy atom. The second-order valence-corrected chi connectivity index (χ2v) is 2.12. The van der Waals surface area contributed by atoms with Gasteiger partial charge in [0.1, 0.15) is 0 Å². The third-order valence-electron chi connectivity index (χ3n) is 0. The van der Waals surface area contributed by atoms with Crippen LogP contribution in [0.4, 0.5) is 5.07 Å². The topological polar surface area (TPSA) is 0 Å². The monoisotopic (exact) mass is 259 g/mol. The van der Waals surface area contributed by atoms with Gasteiger partial charge < -0.3 is 1.43 Å². The summed E-state index contributed by atoms with van der Waals surface area (Å²) in [7, 11) is 0. The van der Waals surface area contributed by atoms with Crippen LogP contribution in [0.25, 0.3) is 0 Å². The normalized spacial score (nSPS) is 12.7. The van der Waals surface area contributed by atoms with Gasteiger partial charge in [0.05, 0.1) is 0 Å². The fourth-order valence-corrected chi connectivity index (χ4v) is 0. The molecule has 0 saturated carbocycles. The van der Waals surface area contributed by atoms with Gasteiger partial charge in [-0.25, -0.2) is 0 Å². The molecule has 6 heavy (non-hydrogen) atoms. The van der Waals surface area contributed by atoms with Crippen LogP contribution in [0.15, 0.2) is 0 Å². The van der Waals surface area contributed by atoms with Crippen LogP contribution in [0.5, 0.6) is 0 Å². The molecule has 0 spiro atoms. The van der Waals surface area contributed by atoms with E-state index in [0.29, 0.717) is 0 Å².